The number of rotatable bonds is 4. The molecule has 1 aromatic rings. The largest absolute Gasteiger partial charge is 0.317 e. The number of piperidine rings is 1. The Morgan fingerprint density at radius 3 is 2.65 bits per heavy atom. The third-order valence-electron chi connectivity index (χ3n) is 5.52. The van der Waals surface area contributed by atoms with Gasteiger partial charge in [-0.2, -0.15) is 0 Å². The van der Waals surface area contributed by atoms with Gasteiger partial charge >= 0.3 is 0 Å². The van der Waals surface area contributed by atoms with E-state index in [1.807, 2.05) is 0 Å². The molecule has 110 valence electrons. The minimum absolute atomic E-state index is 0.580. The normalized spacial score (nSPS) is 26.8. The van der Waals surface area contributed by atoms with Crippen molar-refractivity contribution in [1.82, 2.24) is 10.2 Å². The molecule has 0 bridgehead atoms. The lowest BCUT2D eigenvalue weighted by Crippen LogP contribution is -2.43. The molecule has 0 spiro atoms. The minimum Gasteiger partial charge on any atom is -0.317 e. The molecule has 1 aromatic carbocycles. The van der Waals surface area contributed by atoms with E-state index in [0.29, 0.717) is 5.41 Å². The highest BCUT2D eigenvalue weighted by molar-refractivity contribution is 5.21. The lowest BCUT2D eigenvalue weighted by atomic mass is 9.76. The molecular formula is C18H28N2. The molecule has 2 fully saturated rings. The van der Waals surface area contributed by atoms with E-state index in [4.69, 9.17) is 0 Å². The SMILES string of the molecule is CCC1(CN2CCC(c3ccccc3)C2)CCNCC1. The number of hydrogen-bond acceptors (Lipinski definition) is 2. The molecule has 0 saturated carbocycles. The molecule has 2 saturated heterocycles. The van der Waals surface area contributed by atoms with Crippen LogP contribution in [-0.2, 0) is 0 Å². The van der Waals surface area contributed by atoms with Gasteiger partial charge in [-0.15, -0.1) is 0 Å². The number of nitrogens with one attached hydrogen (secondary N) is 1. The van der Waals surface area contributed by atoms with Gasteiger partial charge in [-0.1, -0.05) is 37.3 Å². The molecule has 0 amide bonds. The maximum atomic E-state index is 3.51. The summed E-state index contributed by atoms with van der Waals surface area (Å²) in [5, 5.41) is 3.51. The van der Waals surface area contributed by atoms with Gasteiger partial charge < -0.3 is 10.2 Å². The van der Waals surface area contributed by atoms with E-state index in [9.17, 15) is 0 Å². The van der Waals surface area contributed by atoms with Crippen molar-refractivity contribution in [3.63, 3.8) is 0 Å². The van der Waals surface area contributed by atoms with Crippen LogP contribution < -0.4 is 5.32 Å². The lowest BCUT2D eigenvalue weighted by Gasteiger charge is -2.40. The number of nitrogens with zero attached hydrogens (tertiary/aromatic N) is 1. The Hall–Kier alpha value is -0.860. The fraction of sp³-hybridized carbons (Fsp3) is 0.667. The number of benzene rings is 1. The molecule has 0 radical (unpaired) electrons. The van der Waals surface area contributed by atoms with Crippen molar-refractivity contribution in [3.8, 4) is 0 Å². The van der Waals surface area contributed by atoms with Gasteiger partial charge in [0, 0.05) is 13.1 Å². The van der Waals surface area contributed by atoms with E-state index in [0.717, 1.165) is 5.92 Å². The van der Waals surface area contributed by atoms with Crippen molar-refractivity contribution in [2.45, 2.75) is 38.5 Å². The van der Waals surface area contributed by atoms with Crippen LogP contribution in [0.2, 0.25) is 0 Å². The van der Waals surface area contributed by atoms with E-state index >= 15 is 0 Å². The molecule has 2 aliphatic rings. The molecule has 3 rings (SSSR count). The fourth-order valence-corrected chi connectivity index (χ4v) is 4.03. The van der Waals surface area contributed by atoms with Crippen molar-refractivity contribution in [2.24, 2.45) is 5.41 Å². The smallest absolute Gasteiger partial charge is 0.00510 e. The minimum atomic E-state index is 0.580. The second kappa shape index (κ2) is 6.28. The van der Waals surface area contributed by atoms with Crippen LogP contribution in [0, 0.1) is 5.41 Å². The average molecular weight is 272 g/mol. The first-order valence-electron chi connectivity index (χ1n) is 8.29. The van der Waals surface area contributed by atoms with Gasteiger partial charge in [0.2, 0.25) is 0 Å². The Bertz CT molecular complexity index is 409. The van der Waals surface area contributed by atoms with E-state index in [1.165, 1.54) is 64.0 Å². The van der Waals surface area contributed by atoms with Crippen LogP contribution in [0.5, 0.6) is 0 Å². The molecular weight excluding hydrogens is 244 g/mol. The highest BCUT2D eigenvalue weighted by Gasteiger charge is 2.34. The van der Waals surface area contributed by atoms with Gasteiger partial charge in [0.05, 0.1) is 0 Å². The molecule has 1 atom stereocenters. The second-order valence-electron chi connectivity index (χ2n) is 6.73. The Balaban J connectivity index is 1.60. The van der Waals surface area contributed by atoms with Crippen LogP contribution in [0.4, 0.5) is 0 Å². The Labute approximate surface area is 123 Å². The summed E-state index contributed by atoms with van der Waals surface area (Å²) >= 11 is 0. The first-order valence-corrected chi connectivity index (χ1v) is 8.29. The zero-order valence-corrected chi connectivity index (χ0v) is 12.8. The van der Waals surface area contributed by atoms with E-state index in [-0.39, 0.29) is 0 Å². The van der Waals surface area contributed by atoms with Crippen molar-refractivity contribution in [3.05, 3.63) is 35.9 Å². The summed E-state index contributed by atoms with van der Waals surface area (Å²) in [6.07, 6.45) is 5.38. The quantitative estimate of drug-likeness (QED) is 0.905. The highest BCUT2D eigenvalue weighted by atomic mass is 15.2. The van der Waals surface area contributed by atoms with Crippen molar-refractivity contribution >= 4 is 0 Å². The van der Waals surface area contributed by atoms with Gasteiger partial charge in [0.1, 0.15) is 0 Å². The lowest BCUT2D eigenvalue weighted by molar-refractivity contribution is 0.121. The molecule has 2 heteroatoms. The molecule has 2 heterocycles. The van der Waals surface area contributed by atoms with Gasteiger partial charge in [-0.3, -0.25) is 0 Å². The first-order chi connectivity index (χ1) is 9.81. The first kappa shape index (κ1) is 14.1. The molecule has 1 N–H and O–H groups in total. The molecule has 20 heavy (non-hydrogen) atoms. The van der Waals surface area contributed by atoms with Crippen LogP contribution in [-0.4, -0.2) is 37.6 Å². The summed E-state index contributed by atoms with van der Waals surface area (Å²) in [4.78, 5) is 2.73. The summed E-state index contributed by atoms with van der Waals surface area (Å²) in [5.74, 6) is 0.756. The zero-order valence-electron chi connectivity index (χ0n) is 12.8. The molecule has 0 aliphatic carbocycles. The predicted molar refractivity (Wildman–Crippen MR) is 85.1 cm³/mol. The monoisotopic (exact) mass is 272 g/mol. The zero-order chi connectivity index (χ0) is 13.8. The Morgan fingerprint density at radius 1 is 1.20 bits per heavy atom. The van der Waals surface area contributed by atoms with Crippen molar-refractivity contribution < 1.29 is 0 Å². The van der Waals surface area contributed by atoms with Crippen LogP contribution in [0.1, 0.15) is 44.1 Å². The summed E-state index contributed by atoms with van der Waals surface area (Å²) in [7, 11) is 0. The highest BCUT2D eigenvalue weighted by Crippen LogP contribution is 2.36. The van der Waals surface area contributed by atoms with Gasteiger partial charge in [0.25, 0.3) is 0 Å². The fourth-order valence-electron chi connectivity index (χ4n) is 4.03. The topological polar surface area (TPSA) is 15.3 Å². The standard InChI is InChI=1S/C18H28N2/c1-2-18(9-11-19-12-10-18)15-20-13-8-17(14-20)16-6-4-3-5-7-16/h3-7,17,19H,2,8-15H2,1H3. The van der Waals surface area contributed by atoms with Crippen LogP contribution in [0.15, 0.2) is 30.3 Å². The Morgan fingerprint density at radius 2 is 1.95 bits per heavy atom. The molecule has 2 aliphatic heterocycles. The maximum absolute atomic E-state index is 3.51. The summed E-state index contributed by atoms with van der Waals surface area (Å²) in [6.45, 7) is 8.67. The van der Waals surface area contributed by atoms with Gasteiger partial charge in [-0.25, -0.2) is 0 Å². The van der Waals surface area contributed by atoms with Crippen molar-refractivity contribution in [2.75, 3.05) is 32.7 Å². The summed E-state index contributed by atoms with van der Waals surface area (Å²) in [6, 6.07) is 11.1. The van der Waals surface area contributed by atoms with Gasteiger partial charge in [0.15, 0.2) is 0 Å². The van der Waals surface area contributed by atoms with E-state index in [2.05, 4.69) is 47.5 Å². The van der Waals surface area contributed by atoms with E-state index < -0.39 is 0 Å². The Kier molecular flexibility index (Phi) is 4.42. The third-order valence-corrected chi connectivity index (χ3v) is 5.52. The summed E-state index contributed by atoms with van der Waals surface area (Å²) in [5.41, 5.74) is 2.11. The molecule has 0 aromatic heterocycles. The molecule has 1 unspecified atom stereocenters. The second-order valence-corrected chi connectivity index (χ2v) is 6.73. The summed E-state index contributed by atoms with van der Waals surface area (Å²) < 4.78 is 0. The average Bonchev–Trinajstić information content (AvgIpc) is 2.97. The van der Waals surface area contributed by atoms with Gasteiger partial charge in [-0.05, 0) is 62.2 Å². The van der Waals surface area contributed by atoms with E-state index in [1.54, 1.807) is 0 Å². The van der Waals surface area contributed by atoms with Crippen LogP contribution in [0.3, 0.4) is 0 Å². The van der Waals surface area contributed by atoms with Crippen LogP contribution in [0.25, 0.3) is 0 Å². The maximum Gasteiger partial charge on any atom is 0.00510 e. The molecule has 2 nitrogen and oxygen atoms in total. The van der Waals surface area contributed by atoms with Crippen LogP contribution >= 0.6 is 0 Å². The third kappa shape index (κ3) is 3.07. The van der Waals surface area contributed by atoms with Crippen molar-refractivity contribution in [1.29, 1.82) is 0 Å². The predicted octanol–water partition coefficient (Wildman–Crippen LogP) is 3.26. The number of hydrogen-bond donors (Lipinski definition) is 1. The number of likely N-dealkylation sites (tertiary alicyclic amines) is 1.